The number of carbonyl (C=O) groups is 1. The Kier molecular flexibility index (Phi) is 5.45. The van der Waals surface area contributed by atoms with Crippen molar-refractivity contribution < 1.29 is 19.0 Å². The van der Waals surface area contributed by atoms with Crippen LogP contribution >= 0.6 is 0 Å². The van der Waals surface area contributed by atoms with E-state index in [1.807, 2.05) is 28.8 Å². The molecule has 0 fully saturated rings. The van der Waals surface area contributed by atoms with Crippen molar-refractivity contribution in [2.45, 2.75) is 13.5 Å². The minimum Gasteiger partial charge on any atom is -0.497 e. The quantitative estimate of drug-likeness (QED) is 0.626. The minimum atomic E-state index is -0.629. The summed E-state index contributed by atoms with van der Waals surface area (Å²) in [5.74, 6) is 0.692. The van der Waals surface area contributed by atoms with E-state index in [0.29, 0.717) is 23.2 Å². The number of ether oxygens (including phenoxy) is 3. The first-order valence-electron chi connectivity index (χ1n) is 8.59. The molecule has 0 spiro atoms. The van der Waals surface area contributed by atoms with Crippen molar-refractivity contribution >= 4 is 16.9 Å². The molecular weight excluding hydrogens is 346 g/mol. The van der Waals surface area contributed by atoms with Crippen molar-refractivity contribution in [1.29, 1.82) is 0 Å². The Morgan fingerprint density at radius 3 is 2.41 bits per heavy atom. The standard InChI is InChI=1S/C21H21NO5/c1-4-27-21(24)17-13-22(12-14-8-10-15(25-2)11-9-14)19-16(20(17)23)6-5-7-18(19)26-3/h5-11,13H,4,12H2,1-3H3. The number of pyridine rings is 1. The lowest BCUT2D eigenvalue weighted by atomic mass is 10.1. The molecule has 0 N–H and O–H groups in total. The number of aromatic nitrogens is 1. The molecule has 6 heteroatoms. The Bertz CT molecular complexity index is 1020. The molecule has 0 radical (unpaired) electrons. The summed E-state index contributed by atoms with van der Waals surface area (Å²) in [6.07, 6.45) is 1.54. The number of esters is 1. The highest BCUT2D eigenvalue weighted by Gasteiger charge is 2.18. The molecule has 3 aromatic rings. The van der Waals surface area contributed by atoms with Gasteiger partial charge in [0.25, 0.3) is 0 Å². The SMILES string of the molecule is CCOC(=O)c1cn(Cc2ccc(OC)cc2)c2c(OC)cccc2c1=O. The topological polar surface area (TPSA) is 66.8 Å². The van der Waals surface area contributed by atoms with Crippen molar-refractivity contribution in [3.05, 3.63) is 70.0 Å². The molecule has 0 unspecified atom stereocenters. The molecule has 3 rings (SSSR count). The molecule has 6 nitrogen and oxygen atoms in total. The number of rotatable bonds is 6. The minimum absolute atomic E-state index is 0.00566. The van der Waals surface area contributed by atoms with Crippen LogP contribution in [-0.2, 0) is 11.3 Å². The number of benzene rings is 2. The molecule has 1 aromatic heterocycles. The van der Waals surface area contributed by atoms with Crippen LogP contribution < -0.4 is 14.9 Å². The van der Waals surface area contributed by atoms with E-state index in [0.717, 1.165) is 11.3 Å². The first kappa shape index (κ1) is 18.5. The maximum absolute atomic E-state index is 12.8. The molecule has 140 valence electrons. The summed E-state index contributed by atoms with van der Waals surface area (Å²) < 4.78 is 17.5. The lowest BCUT2D eigenvalue weighted by molar-refractivity contribution is 0.0524. The summed E-state index contributed by atoms with van der Waals surface area (Å²) in [4.78, 5) is 25.1. The van der Waals surface area contributed by atoms with Crippen molar-refractivity contribution in [3.8, 4) is 11.5 Å². The summed E-state index contributed by atoms with van der Waals surface area (Å²) in [5.41, 5.74) is 1.26. The van der Waals surface area contributed by atoms with E-state index in [1.54, 1.807) is 39.3 Å². The van der Waals surface area contributed by atoms with Crippen molar-refractivity contribution in [2.24, 2.45) is 0 Å². The van der Waals surface area contributed by atoms with Crippen LogP contribution in [0.15, 0.2) is 53.5 Å². The third kappa shape index (κ3) is 3.65. The summed E-state index contributed by atoms with van der Waals surface area (Å²) >= 11 is 0. The molecule has 0 atom stereocenters. The highest BCUT2D eigenvalue weighted by Crippen LogP contribution is 2.25. The van der Waals surface area contributed by atoms with Crippen LogP contribution in [0.1, 0.15) is 22.8 Å². The van der Waals surface area contributed by atoms with Crippen molar-refractivity contribution in [3.63, 3.8) is 0 Å². The van der Waals surface area contributed by atoms with Gasteiger partial charge in [-0.1, -0.05) is 18.2 Å². The maximum Gasteiger partial charge on any atom is 0.343 e. The number of nitrogens with zero attached hydrogens (tertiary/aromatic N) is 1. The fourth-order valence-corrected chi connectivity index (χ4v) is 3.00. The van der Waals surface area contributed by atoms with Gasteiger partial charge in [0.15, 0.2) is 0 Å². The smallest absolute Gasteiger partial charge is 0.343 e. The molecule has 0 saturated carbocycles. The molecule has 0 aliphatic heterocycles. The third-order valence-corrected chi connectivity index (χ3v) is 4.29. The number of hydrogen-bond acceptors (Lipinski definition) is 5. The van der Waals surface area contributed by atoms with Crippen molar-refractivity contribution in [2.75, 3.05) is 20.8 Å². The molecule has 1 heterocycles. The Morgan fingerprint density at radius 2 is 1.78 bits per heavy atom. The lowest BCUT2D eigenvalue weighted by Gasteiger charge is -2.16. The van der Waals surface area contributed by atoms with Gasteiger partial charge in [-0.3, -0.25) is 4.79 Å². The average Bonchev–Trinajstić information content (AvgIpc) is 2.70. The molecule has 0 amide bonds. The van der Waals surface area contributed by atoms with E-state index < -0.39 is 5.97 Å². The van der Waals surface area contributed by atoms with Gasteiger partial charge in [0.1, 0.15) is 17.1 Å². The van der Waals surface area contributed by atoms with Gasteiger partial charge in [-0.15, -0.1) is 0 Å². The van der Waals surface area contributed by atoms with Crippen LogP contribution in [0.2, 0.25) is 0 Å². The van der Waals surface area contributed by atoms with Gasteiger partial charge in [0, 0.05) is 12.7 Å². The Hall–Kier alpha value is -3.28. The van der Waals surface area contributed by atoms with E-state index in [4.69, 9.17) is 14.2 Å². The predicted molar refractivity (Wildman–Crippen MR) is 103 cm³/mol. The second-order valence-electron chi connectivity index (χ2n) is 5.92. The Morgan fingerprint density at radius 1 is 1.04 bits per heavy atom. The van der Waals surface area contributed by atoms with Crippen LogP contribution in [0, 0.1) is 0 Å². The molecule has 27 heavy (non-hydrogen) atoms. The van der Waals surface area contributed by atoms with Crippen LogP contribution in [0.5, 0.6) is 11.5 Å². The van der Waals surface area contributed by atoms with Gasteiger partial charge in [-0.25, -0.2) is 4.79 Å². The van der Waals surface area contributed by atoms with Gasteiger partial charge in [0.05, 0.1) is 31.7 Å². The van der Waals surface area contributed by atoms with Gasteiger partial charge in [-0.2, -0.15) is 0 Å². The molecular formula is C21H21NO5. The van der Waals surface area contributed by atoms with Gasteiger partial charge >= 0.3 is 5.97 Å². The third-order valence-electron chi connectivity index (χ3n) is 4.29. The van der Waals surface area contributed by atoms with E-state index in [-0.39, 0.29) is 17.6 Å². The van der Waals surface area contributed by atoms with Crippen LogP contribution in [0.3, 0.4) is 0 Å². The van der Waals surface area contributed by atoms with Gasteiger partial charge < -0.3 is 18.8 Å². The lowest BCUT2D eigenvalue weighted by Crippen LogP contribution is -2.21. The molecule has 2 aromatic carbocycles. The largest absolute Gasteiger partial charge is 0.497 e. The first-order chi connectivity index (χ1) is 13.1. The predicted octanol–water partition coefficient (Wildman–Crippen LogP) is 3.24. The second-order valence-corrected chi connectivity index (χ2v) is 5.92. The number of para-hydroxylation sites is 1. The van der Waals surface area contributed by atoms with E-state index in [9.17, 15) is 9.59 Å². The molecule has 0 aliphatic rings. The highest BCUT2D eigenvalue weighted by molar-refractivity contribution is 5.95. The second kappa shape index (κ2) is 7.95. The number of carbonyl (C=O) groups excluding carboxylic acids is 1. The number of methoxy groups -OCH3 is 2. The van der Waals surface area contributed by atoms with E-state index >= 15 is 0 Å². The average molecular weight is 367 g/mol. The molecule has 0 bridgehead atoms. The Balaban J connectivity index is 2.19. The van der Waals surface area contributed by atoms with Crippen LogP contribution in [0.4, 0.5) is 0 Å². The highest BCUT2D eigenvalue weighted by atomic mass is 16.5. The Labute approximate surface area is 156 Å². The van der Waals surface area contributed by atoms with Gasteiger partial charge in [-0.05, 0) is 36.8 Å². The van der Waals surface area contributed by atoms with E-state index in [2.05, 4.69) is 0 Å². The summed E-state index contributed by atoms with van der Waals surface area (Å²) in [6, 6.07) is 12.8. The van der Waals surface area contributed by atoms with Gasteiger partial charge in [0.2, 0.25) is 5.43 Å². The monoisotopic (exact) mass is 367 g/mol. The summed E-state index contributed by atoms with van der Waals surface area (Å²) in [6.45, 7) is 2.36. The zero-order valence-corrected chi connectivity index (χ0v) is 15.5. The van der Waals surface area contributed by atoms with E-state index in [1.165, 1.54) is 6.20 Å². The van der Waals surface area contributed by atoms with Crippen LogP contribution in [0.25, 0.3) is 10.9 Å². The molecule has 0 saturated heterocycles. The normalized spacial score (nSPS) is 10.6. The first-order valence-corrected chi connectivity index (χ1v) is 8.59. The molecule has 0 aliphatic carbocycles. The maximum atomic E-state index is 12.8. The number of hydrogen-bond donors (Lipinski definition) is 0. The zero-order valence-electron chi connectivity index (χ0n) is 15.5. The summed E-state index contributed by atoms with van der Waals surface area (Å²) in [7, 11) is 3.16. The van der Waals surface area contributed by atoms with Crippen molar-refractivity contribution in [1.82, 2.24) is 4.57 Å². The number of fused-ring (bicyclic) bond motifs is 1. The summed E-state index contributed by atoms with van der Waals surface area (Å²) in [5, 5.41) is 0.411. The fraction of sp³-hybridized carbons (Fsp3) is 0.238. The fourth-order valence-electron chi connectivity index (χ4n) is 3.00. The van der Waals surface area contributed by atoms with Crippen LogP contribution in [-0.4, -0.2) is 31.4 Å². The zero-order chi connectivity index (χ0) is 19.4.